The summed E-state index contributed by atoms with van der Waals surface area (Å²) < 4.78 is 25.3. The Kier molecular flexibility index (Phi) is 4.99. The molecule has 5 nitrogen and oxygen atoms in total. The molecular weight excluding hydrogens is 347 g/mol. The second kappa shape index (κ2) is 7.56. The summed E-state index contributed by atoms with van der Waals surface area (Å²) in [4.78, 5) is 16.8. The minimum Gasteiger partial charge on any atom is -0.486 e. The van der Waals surface area contributed by atoms with Gasteiger partial charge in [-0.2, -0.15) is 0 Å². The van der Waals surface area contributed by atoms with Crippen LogP contribution in [0, 0.1) is 5.82 Å². The van der Waals surface area contributed by atoms with Gasteiger partial charge < -0.3 is 14.4 Å². The van der Waals surface area contributed by atoms with Crippen LogP contribution >= 0.6 is 0 Å². The highest BCUT2D eigenvalue weighted by Crippen LogP contribution is 2.31. The summed E-state index contributed by atoms with van der Waals surface area (Å²) >= 11 is 0. The number of hydrogen-bond donors (Lipinski definition) is 0. The smallest absolute Gasteiger partial charge is 0.227 e. The van der Waals surface area contributed by atoms with Crippen molar-refractivity contribution >= 4 is 5.91 Å². The summed E-state index contributed by atoms with van der Waals surface area (Å²) in [5.41, 5.74) is 1.53. The molecule has 2 heterocycles. The average molecular weight is 370 g/mol. The van der Waals surface area contributed by atoms with E-state index in [0.29, 0.717) is 50.6 Å². The molecule has 0 aliphatic carbocycles. The van der Waals surface area contributed by atoms with Gasteiger partial charge in [0.2, 0.25) is 5.91 Å². The Morgan fingerprint density at radius 2 is 1.89 bits per heavy atom. The van der Waals surface area contributed by atoms with Crippen LogP contribution in [0.25, 0.3) is 0 Å². The lowest BCUT2D eigenvalue weighted by Gasteiger charge is -2.40. The molecule has 1 saturated heterocycles. The van der Waals surface area contributed by atoms with E-state index >= 15 is 0 Å². The van der Waals surface area contributed by atoms with E-state index in [1.807, 2.05) is 36.2 Å². The third-order valence-electron chi connectivity index (χ3n) is 5.23. The molecule has 0 aromatic heterocycles. The Morgan fingerprint density at radius 1 is 1.11 bits per heavy atom. The maximum Gasteiger partial charge on any atom is 0.227 e. The van der Waals surface area contributed by atoms with Crippen LogP contribution in [0.4, 0.5) is 4.39 Å². The van der Waals surface area contributed by atoms with Crippen LogP contribution in [-0.2, 0) is 11.2 Å². The van der Waals surface area contributed by atoms with E-state index in [0.717, 1.165) is 11.3 Å². The summed E-state index contributed by atoms with van der Waals surface area (Å²) in [6.45, 7) is 2.91. The lowest BCUT2D eigenvalue weighted by atomic mass is 10.0. The zero-order valence-corrected chi connectivity index (χ0v) is 15.4. The molecule has 2 aromatic carbocycles. The fourth-order valence-electron chi connectivity index (χ4n) is 3.67. The SMILES string of the molecule is CN1CCN(C(=O)Cc2ccc3c(c2)OCCO3)CC1c1ccccc1F. The molecule has 0 spiro atoms. The van der Waals surface area contributed by atoms with Crippen molar-refractivity contribution in [2.75, 3.05) is 39.9 Å². The number of fused-ring (bicyclic) bond motifs is 1. The van der Waals surface area contributed by atoms with Crippen LogP contribution in [0.1, 0.15) is 17.2 Å². The highest BCUT2D eigenvalue weighted by molar-refractivity contribution is 5.79. The molecule has 6 heteroatoms. The molecule has 1 unspecified atom stereocenters. The van der Waals surface area contributed by atoms with E-state index in [2.05, 4.69) is 4.90 Å². The van der Waals surface area contributed by atoms with Gasteiger partial charge in [0.05, 0.1) is 12.5 Å². The number of likely N-dealkylation sites (N-methyl/N-ethyl adjacent to an activating group) is 1. The molecule has 0 saturated carbocycles. The van der Waals surface area contributed by atoms with Crippen LogP contribution in [-0.4, -0.2) is 55.6 Å². The second-order valence-corrected chi connectivity index (χ2v) is 7.01. The zero-order valence-electron chi connectivity index (χ0n) is 15.4. The van der Waals surface area contributed by atoms with E-state index in [-0.39, 0.29) is 17.8 Å². The summed E-state index contributed by atoms with van der Waals surface area (Å²) in [6, 6.07) is 12.3. The number of hydrogen-bond acceptors (Lipinski definition) is 4. The Hall–Kier alpha value is -2.60. The number of piperazine rings is 1. The quantitative estimate of drug-likeness (QED) is 0.833. The Balaban J connectivity index is 1.46. The van der Waals surface area contributed by atoms with Gasteiger partial charge in [0.25, 0.3) is 0 Å². The van der Waals surface area contributed by atoms with Gasteiger partial charge in [-0.05, 0) is 30.8 Å². The van der Waals surface area contributed by atoms with E-state index in [1.165, 1.54) is 6.07 Å². The molecule has 2 aliphatic rings. The van der Waals surface area contributed by atoms with Gasteiger partial charge in [-0.25, -0.2) is 4.39 Å². The molecule has 0 N–H and O–H groups in total. The molecule has 1 amide bonds. The highest BCUT2D eigenvalue weighted by atomic mass is 19.1. The lowest BCUT2D eigenvalue weighted by Crippen LogP contribution is -2.49. The van der Waals surface area contributed by atoms with Crippen LogP contribution in [0.2, 0.25) is 0 Å². The topological polar surface area (TPSA) is 42.0 Å². The van der Waals surface area contributed by atoms with Gasteiger partial charge in [-0.3, -0.25) is 9.69 Å². The summed E-state index contributed by atoms with van der Waals surface area (Å²) in [5, 5.41) is 0. The fraction of sp³-hybridized carbons (Fsp3) is 0.381. The molecule has 1 atom stereocenters. The van der Waals surface area contributed by atoms with E-state index < -0.39 is 0 Å². The van der Waals surface area contributed by atoms with Crippen LogP contribution in [0.3, 0.4) is 0 Å². The first-order valence-electron chi connectivity index (χ1n) is 9.23. The molecule has 27 heavy (non-hydrogen) atoms. The Labute approximate surface area is 158 Å². The maximum absolute atomic E-state index is 14.2. The monoisotopic (exact) mass is 370 g/mol. The molecule has 2 aromatic rings. The van der Waals surface area contributed by atoms with Gasteiger partial charge in [0, 0.05) is 25.2 Å². The third kappa shape index (κ3) is 3.76. The van der Waals surface area contributed by atoms with Crippen molar-refractivity contribution in [3.8, 4) is 11.5 Å². The number of halogens is 1. The van der Waals surface area contributed by atoms with Gasteiger partial charge in [-0.15, -0.1) is 0 Å². The van der Waals surface area contributed by atoms with E-state index in [1.54, 1.807) is 12.1 Å². The predicted octanol–water partition coefficient (Wildman–Crippen LogP) is 2.65. The van der Waals surface area contributed by atoms with Gasteiger partial charge in [0.15, 0.2) is 11.5 Å². The highest BCUT2D eigenvalue weighted by Gasteiger charge is 2.30. The zero-order chi connectivity index (χ0) is 18.8. The number of amides is 1. The van der Waals surface area contributed by atoms with Crippen molar-refractivity contribution < 1.29 is 18.7 Å². The number of carbonyl (C=O) groups is 1. The van der Waals surface area contributed by atoms with Crippen molar-refractivity contribution in [1.29, 1.82) is 0 Å². The van der Waals surface area contributed by atoms with Gasteiger partial charge >= 0.3 is 0 Å². The number of carbonyl (C=O) groups excluding carboxylic acids is 1. The number of rotatable bonds is 3. The molecule has 2 aliphatic heterocycles. The van der Waals surface area contributed by atoms with Crippen molar-refractivity contribution in [1.82, 2.24) is 9.80 Å². The normalized spacial score (nSPS) is 19.8. The third-order valence-corrected chi connectivity index (χ3v) is 5.23. The largest absolute Gasteiger partial charge is 0.486 e. The van der Waals surface area contributed by atoms with Crippen molar-refractivity contribution in [3.05, 3.63) is 59.4 Å². The first-order chi connectivity index (χ1) is 13.1. The number of nitrogens with zero attached hydrogens (tertiary/aromatic N) is 2. The van der Waals surface area contributed by atoms with Crippen LogP contribution in [0.5, 0.6) is 11.5 Å². The summed E-state index contributed by atoms with van der Waals surface area (Å²) in [6.07, 6.45) is 0.296. The maximum atomic E-state index is 14.2. The predicted molar refractivity (Wildman–Crippen MR) is 99.5 cm³/mol. The van der Waals surface area contributed by atoms with Crippen LogP contribution < -0.4 is 9.47 Å². The standard InChI is InChI=1S/C21H23FN2O3/c1-23-8-9-24(14-18(23)16-4-2-3-5-17(16)22)21(25)13-15-6-7-19-20(12-15)27-11-10-26-19/h2-7,12,18H,8-11,13-14H2,1H3. The first kappa shape index (κ1) is 17.8. The van der Waals surface area contributed by atoms with Gasteiger partial charge in [0.1, 0.15) is 19.0 Å². The van der Waals surface area contributed by atoms with Gasteiger partial charge in [-0.1, -0.05) is 24.3 Å². The first-order valence-corrected chi connectivity index (χ1v) is 9.23. The molecular formula is C21H23FN2O3. The van der Waals surface area contributed by atoms with E-state index in [4.69, 9.17) is 9.47 Å². The summed E-state index contributed by atoms with van der Waals surface area (Å²) in [5.74, 6) is 1.22. The van der Waals surface area contributed by atoms with Crippen molar-refractivity contribution in [2.45, 2.75) is 12.5 Å². The Morgan fingerprint density at radius 3 is 2.70 bits per heavy atom. The minimum atomic E-state index is -0.226. The summed E-state index contributed by atoms with van der Waals surface area (Å²) in [7, 11) is 1.97. The fourth-order valence-corrected chi connectivity index (χ4v) is 3.67. The molecule has 4 rings (SSSR count). The molecule has 1 fully saturated rings. The van der Waals surface area contributed by atoms with Crippen molar-refractivity contribution in [3.63, 3.8) is 0 Å². The average Bonchev–Trinajstić information content (AvgIpc) is 2.69. The molecule has 142 valence electrons. The molecule has 0 bridgehead atoms. The minimum absolute atomic E-state index is 0.0427. The Bertz CT molecular complexity index is 842. The lowest BCUT2D eigenvalue weighted by molar-refractivity contribution is -0.133. The van der Waals surface area contributed by atoms with Crippen LogP contribution in [0.15, 0.2) is 42.5 Å². The number of ether oxygens (including phenoxy) is 2. The van der Waals surface area contributed by atoms with E-state index in [9.17, 15) is 9.18 Å². The second-order valence-electron chi connectivity index (χ2n) is 7.01. The molecule has 0 radical (unpaired) electrons. The van der Waals surface area contributed by atoms with Crippen molar-refractivity contribution in [2.24, 2.45) is 0 Å². The number of benzene rings is 2.